The lowest BCUT2D eigenvalue weighted by Gasteiger charge is -2.33. The molecule has 1 fully saturated rings. The van der Waals surface area contributed by atoms with E-state index in [1.807, 2.05) is 37.6 Å². The van der Waals surface area contributed by atoms with Crippen molar-refractivity contribution in [2.24, 2.45) is 7.05 Å². The molecule has 26 heavy (non-hydrogen) atoms. The van der Waals surface area contributed by atoms with E-state index < -0.39 is 0 Å². The van der Waals surface area contributed by atoms with Crippen LogP contribution in [0, 0.1) is 0 Å². The lowest BCUT2D eigenvalue weighted by Crippen LogP contribution is -2.47. The minimum atomic E-state index is -0.368. The van der Waals surface area contributed by atoms with Crippen LogP contribution in [0.3, 0.4) is 0 Å². The largest absolute Gasteiger partial charge is 0.356 e. The van der Waals surface area contributed by atoms with E-state index in [4.69, 9.17) is 0 Å². The minimum absolute atomic E-state index is 0. The summed E-state index contributed by atoms with van der Waals surface area (Å²) in [7, 11) is 3.64. The van der Waals surface area contributed by atoms with Gasteiger partial charge < -0.3 is 15.5 Å². The Kier molecular flexibility index (Phi) is 8.84. The molecule has 0 aliphatic carbocycles. The van der Waals surface area contributed by atoms with E-state index in [0.29, 0.717) is 0 Å². The number of nitrogens with zero attached hydrogens (tertiary/aromatic N) is 4. The molecule has 1 aliphatic rings. The highest BCUT2D eigenvalue weighted by Crippen LogP contribution is 2.18. The Balaban J connectivity index is 0.00000169. The maximum absolute atomic E-state index is 12.6. The Hall–Kier alpha value is -1.83. The number of pyridine rings is 1. The third-order valence-electron chi connectivity index (χ3n) is 4.42. The third kappa shape index (κ3) is 5.33. The smallest absolute Gasteiger partial charge is 0.242 e. The van der Waals surface area contributed by atoms with E-state index in [0.717, 1.165) is 37.3 Å². The van der Waals surface area contributed by atoms with Crippen molar-refractivity contribution in [2.45, 2.75) is 24.9 Å². The van der Waals surface area contributed by atoms with Crippen molar-refractivity contribution in [3.05, 3.63) is 42.4 Å². The summed E-state index contributed by atoms with van der Waals surface area (Å²) in [5.41, 5.74) is 0.878. The van der Waals surface area contributed by atoms with Crippen LogP contribution in [0.5, 0.6) is 0 Å². The molecule has 7 nitrogen and oxygen atoms in total. The molecular formula is C17H26Cl2N6O. The fourth-order valence-electron chi connectivity index (χ4n) is 3.12. The van der Waals surface area contributed by atoms with Gasteiger partial charge in [-0.3, -0.25) is 9.48 Å². The summed E-state index contributed by atoms with van der Waals surface area (Å²) in [6, 6.07) is 5.78. The minimum Gasteiger partial charge on any atom is -0.356 e. The fourth-order valence-corrected chi connectivity index (χ4v) is 3.12. The number of hydrogen-bond donors (Lipinski definition) is 2. The molecule has 1 unspecified atom stereocenters. The molecule has 2 aromatic heterocycles. The molecule has 1 atom stereocenters. The molecule has 144 valence electrons. The Morgan fingerprint density at radius 3 is 2.54 bits per heavy atom. The Morgan fingerprint density at radius 2 is 2.00 bits per heavy atom. The zero-order chi connectivity index (χ0) is 16.9. The Labute approximate surface area is 166 Å². The van der Waals surface area contributed by atoms with Gasteiger partial charge in [0, 0.05) is 44.1 Å². The van der Waals surface area contributed by atoms with Crippen LogP contribution in [0.4, 0.5) is 5.82 Å². The second kappa shape index (κ2) is 10.4. The molecule has 0 spiro atoms. The highest BCUT2D eigenvalue weighted by molar-refractivity contribution is 5.85. The summed E-state index contributed by atoms with van der Waals surface area (Å²) in [6.07, 6.45) is 7.25. The van der Waals surface area contributed by atoms with Crippen molar-refractivity contribution in [1.82, 2.24) is 25.4 Å². The quantitative estimate of drug-likeness (QED) is 0.798. The molecule has 2 aromatic rings. The van der Waals surface area contributed by atoms with Crippen LogP contribution in [0.1, 0.15) is 24.4 Å². The first-order valence-corrected chi connectivity index (χ1v) is 8.29. The highest BCUT2D eigenvalue weighted by Gasteiger charge is 2.25. The molecule has 9 heteroatoms. The number of carbonyl (C=O) groups is 1. The topological polar surface area (TPSA) is 75.1 Å². The first-order chi connectivity index (χ1) is 11.7. The number of nitrogens with one attached hydrogen (secondary N) is 2. The van der Waals surface area contributed by atoms with Gasteiger partial charge in [-0.25, -0.2) is 4.98 Å². The van der Waals surface area contributed by atoms with Gasteiger partial charge in [0.1, 0.15) is 11.9 Å². The average molecular weight is 401 g/mol. The first kappa shape index (κ1) is 22.2. The molecule has 3 heterocycles. The van der Waals surface area contributed by atoms with Crippen molar-refractivity contribution in [3.8, 4) is 0 Å². The van der Waals surface area contributed by atoms with Gasteiger partial charge in [0.05, 0.1) is 6.20 Å². The number of aromatic nitrogens is 3. The molecule has 0 radical (unpaired) electrons. The van der Waals surface area contributed by atoms with Crippen molar-refractivity contribution < 1.29 is 4.79 Å². The summed E-state index contributed by atoms with van der Waals surface area (Å²) in [6.45, 7) is 1.80. The number of anilines is 1. The standard InChI is InChI=1S/C17H24N6O.2ClH/c1-18-16(13-11-20-22(2)12-13)17(24)21-14-6-9-23(10-7-14)15-5-3-4-8-19-15;;/h3-5,8,11-12,14,16,18H,6-7,9-10H2,1-2H3,(H,21,24);2*1H. The fraction of sp³-hybridized carbons (Fsp3) is 0.471. The van der Waals surface area contributed by atoms with E-state index >= 15 is 0 Å². The summed E-state index contributed by atoms with van der Waals surface area (Å²) >= 11 is 0. The predicted octanol–water partition coefficient (Wildman–Crippen LogP) is 1.70. The molecular weight excluding hydrogens is 375 g/mol. The zero-order valence-corrected chi connectivity index (χ0v) is 16.6. The molecule has 1 aliphatic heterocycles. The summed E-state index contributed by atoms with van der Waals surface area (Å²) in [5, 5.41) is 10.4. The van der Waals surface area contributed by atoms with Crippen LogP contribution < -0.4 is 15.5 Å². The van der Waals surface area contributed by atoms with Gasteiger partial charge in [-0.15, -0.1) is 24.8 Å². The van der Waals surface area contributed by atoms with Crippen LogP contribution in [0.25, 0.3) is 0 Å². The average Bonchev–Trinajstić information content (AvgIpc) is 3.03. The predicted molar refractivity (Wildman–Crippen MR) is 107 cm³/mol. The van der Waals surface area contributed by atoms with E-state index in [2.05, 4.69) is 25.6 Å². The van der Waals surface area contributed by atoms with Gasteiger partial charge >= 0.3 is 0 Å². The van der Waals surface area contributed by atoms with Crippen LogP contribution >= 0.6 is 24.8 Å². The number of aryl methyl sites for hydroxylation is 1. The lowest BCUT2D eigenvalue weighted by atomic mass is 10.0. The van der Waals surface area contributed by atoms with Crippen LogP contribution in [0.15, 0.2) is 36.8 Å². The summed E-state index contributed by atoms with van der Waals surface area (Å²) in [5.74, 6) is 1.01. The second-order valence-electron chi connectivity index (χ2n) is 6.13. The number of halogens is 2. The first-order valence-electron chi connectivity index (χ1n) is 8.29. The third-order valence-corrected chi connectivity index (χ3v) is 4.42. The molecule has 3 rings (SSSR count). The van der Waals surface area contributed by atoms with Crippen LogP contribution in [-0.2, 0) is 11.8 Å². The normalized spacial score (nSPS) is 15.5. The highest BCUT2D eigenvalue weighted by atomic mass is 35.5. The van der Waals surface area contributed by atoms with Gasteiger partial charge in [0.25, 0.3) is 0 Å². The number of piperidine rings is 1. The van der Waals surface area contributed by atoms with Gasteiger partial charge in [-0.05, 0) is 32.0 Å². The molecule has 2 N–H and O–H groups in total. The molecule has 0 saturated carbocycles. The van der Waals surface area contributed by atoms with Crippen molar-refractivity contribution in [3.63, 3.8) is 0 Å². The molecule has 0 bridgehead atoms. The van der Waals surface area contributed by atoms with E-state index in [9.17, 15) is 4.79 Å². The van der Waals surface area contributed by atoms with E-state index in [1.54, 1.807) is 17.9 Å². The van der Waals surface area contributed by atoms with Gasteiger partial charge in [-0.1, -0.05) is 6.07 Å². The lowest BCUT2D eigenvalue weighted by molar-refractivity contribution is -0.124. The zero-order valence-electron chi connectivity index (χ0n) is 15.0. The second-order valence-corrected chi connectivity index (χ2v) is 6.13. The van der Waals surface area contributed by atoms with Crippen LogP contribution in [-0.4, -0.2) is 46.9 Å². The number of likely N-dealkylation sites (N-methyl/N-ethyl adjacent to an activating group) is 1. The molecule has 1 saturated heterocycles. The number of amides is 1. The summed E-state index contributed by atoms with van der Waals surface area (Å²) < 4.78 is 1.71. The van der Waals surface area contributed by atoms with Gasteiger partial charge in [-0.2, -0.15) is 5.10 Å². The summed E-state index contributed by atoms with van der Waals surface area (Å²) in [4.78, 5) is 19.2. The maximum Gasteiger partial charge on any atom is 0.242 e. The van der Waals surface area contributed by atoms with Crippen molar-refractivity contribution in [1.29, 1.82) is 0 Å². The van der Waals surface area contributed by atoms with Gasteiger partial charge in [0.15, 0.2) is 0 Å². The maximum atomic E-state index is 12.6. The van der Waals surface area contributed by atoms with E-state index in [-0.39, 0.29) is 42.8 Å². The Morgan fingerprint density at radius 1 is 1.27 bits per heavy atom. The number of carbonyl (C=O) groups excluding carboxylic acids is 1. The van der Waals surface area contributed by atoms with E-state index in [1.165, 1.54) is 0 Å². The SMILES string of the molecule is CNC(C(=O)NC1CCN(c2ccccn2)CC1)c1cnn(C)c1.Cl.Cl. The number of rotatable bonds is 5. The van der Waals surface area contributed by atoms with Crippen molar-refractivity contribution >= 4 is 36.5 Å². The monoisotopic (exact) mass is 400 g/mol. The number of hydrogen-bond acceptors (Lipinski definition) is 5. The Bertz CT molecular complexity index is 673. The van der Waals surface area contributed by atoms with Crippen LogP contribution in [0.2, 0.25) is 0 Å². The molecule has 1 amide bonds. The molecule has 0 aromatic carbocycles. The van der Waals surface area contributed by atoms with Crippen molar-refractivity contribution in [2.75, 3.05) is 25.0 Å². The van der Waals surface area contributed by atoms with Gasteiger partial charge in [0.2, 0.25) is 5.91 Å².